The maximum atomic E-state index is 6.02. The van der Waals surface area contributed by atoms with Crippen molar-refractivity contribution in [3.8, 4) is 0 Å². The minimum atomic E-state index is -2.80. The molecule has 0 saturated heterocycles. The average molecular weight is 296 g/mol. The van der Waals surface area contributed by atoms with Gasteiger partial charge in [-0.2, -0.15) is 0 Å². The normalized spacial score (nSPS) is 11.9. The SMILES string of the molecule is CCO[Si](OCC)(OCC)c1cc(C)c(C)c(C)c1C. The third kappa shape index (κ3) is 3.31. The topological polar surface area (TPSA) is 27.7 Å². The van der Waals surface area contributed by atoms with Crippen molar-refractivity contribution in [3.63, 3.8) is 0 Å². The number of aryl methyl sites for hydroxylation is 1. The minimum Gasteiger partial charge on any atom is -0.370 e. The van der Waals surface area contributed by atoms with Gasteiger partial charge in [-0.15, -0.1) is 0 Å². The molecular formula is C16H28O3Si. The lowest BCUT2D eigenvalue weighted by Gasteiger charge is -2.31. The molecule has 0 aliphatic carbocycles. The Morgan fingerprint density at radius 2 is 1.20 bits per heavy atom. The fourth-order valence-corrected chi connectivity index (χ4v) is 5.36. The molecule has 0 heterocycles. The van der Waals surface area contributed by atoms with Crippen molar-refractivity contribution in [1.29, 1.82) is 0 Å². The Morgan fingerprint density at radius 1 is 0.750 bits per heavy atom. The highest BCUT2D eigenvalue weighted by molar-refractivity contribution is 6.75. The van der Waals surface area contributed by atoms with E-state index in [0.717, 1.165) is 5.19 Å². The van der Waals surface area contributed by atoms with Crippen molar-refractivity contribution >= 4 is 14.0 Å². The van der Waals surface area contributed by atoms with Gasteiger partial charge in [0.25, 0.3) is 0 Å². The summed E-state index contributed by atoms with van der Waals surface area (Å²) in [6.45, 7) is 16.3. The van der Waals surface area contributed by atoms with E-state index >= 15 is 0 Å². The lowest BCUT2D eigenvalue weighted by atomic mass is 10.00. The second-order valence-corrected chi connectivity index (χ2v) is 7.49. The molecule has 0 unspecified atom stereocenters. The first-order valence-electron chi connectivity index (χ1n) is 7.43. The van der Waals surface area contributed by atoms with Gasteiger partial charge in [0, 0.05) is 25.0 Å². The summed E-state index contributed by atoms with van der Waals surface area (Å²) in [5.41, 5.74) is 5.13. The van der Waals surface area contributed by atoms with Gasteiger partial charge in [-0.3, -0.25) is 0 Å². The van der Waals surface area contributed by atoms with Crippen LogP contribution in [0.3, 0.4) is 0 Å². The summed E-state index contributed by atoms with van der Waals surface area (Å²) in [4.78, 5) is 0. The van der Waals surface area contributed by atoms with Crippen molar-refractivity contribution in [2.45, 2.75) is 48.5 Å². The molecule has 20 heavy (non-hydrogen) atoms. The Kier molecular flexibility index (Phi) is 6.39. The van der Waals surface area contributed by atoms with E-state index in [1.54, 1.807) is 0 Å². The first-order chi connectivity index (χ1) is 9.43. The maximum Gasteiger partial charge on any atom is 0.537 e. The first kappa shape index (κ1) is 17.4. The van der Waals surface area contributed by atoms with E-state index in [0.29, 0.717) is 19.8 Å². The van der Waals surface area contributed by atoms with Crippen LogP contribution in [0.5, 0.6) is 0 Å². The number of hydrogen-bond acceptors (Lipinski definition) is 3. The van der Waals surface area contributed by atoms with Crippen LogP contribution in [0.1, 0.15) is 43.0 Å². The third-order valence-electron chi connectivity index (χ3n) is 3.81. The van der Waals surface area contributed by atoms with Crippen LogP contribution in [0.15, 0.2) is 6.07 Å². The van der Waals surface area contributed by atoms with Gasteiger partial charge in [0.2, 0.25) is 0 Å². The lowest BCUT2D eigenvalue weighted by molar-refractivity contribution is 0.0857. The van der Waals surface area contributed by atoms with Crippen molar-refractivity contribution < 1.29 is 13.3 Å². The van der Waals surface area contributed by atoms with Gasteiger partial charge in [-0.1, -0.05) is 6.07 Å². The first-order valence-corrected chi connectivity index (χ1v) is 9.15. The number of hydrogen-bond donors (Lipinski definition) is 0. The van der Waals surface area contributed by atoms with Crippen LogP contribution < -0.4 is 5.19 Å². The fourth-order valence-electron chi connectivity index (χ4n) is 2.46. The molecule has 0 aromatic heterocycles. The molecule has 1 aromatic carbocycles. The Morgan fingerprint density at radius 3 is 1.60 bits per heavy atom. The predicted octanol–water partition coefficient (Wildman–Crippen LogP) is 3.18. The van der Waals surface area contributed by atoms with Crippen molar-refractivity contribution in [2.24, 2.45) is 0 Å². The van der Waals surface area contributed by atoms with Crippen molar-refractivity contribution in [3.05, 3.63) is 28.3 Å². The predicted molar refractivity (Wildman–Crippen MR) is 85.7 cm³/mol. The standard InChI is InChI=1S/C16H28O3Si/c1-8-17-20(18-9-2,19-10-3)16-11-12(4)13(5)14(6)15(16)7/h11H,8-10H2,1-7H3. The smallest absolute Gasteiger partial charge is 0.370 e. The molecule has 0 spiro atoms. The van der Waals surface area contributed by atoms with E-state index in [1.807, 2.05) is 20.8 Å². The molecule has 1 aromatic rings. The molecule has 3 nitrogen and oxygen atoms in total. The molecule has 0 saturated carbocycles. The second kappa shape index (κ2) is 7.36. The molecule has 0 fully saturated rings. The monoisotopic (exact) mass is 296 g/mol. The molecule has 0 aliphatic heterocycles. The molecule has 0 radical (unpaired) electrons. The highest BCUT2D eigenvalue weighted by atomic mass is 28.4. The van der Waals surface area contributed by atoms with Gasteiger partial charge in [0.15, 0.2) is 0 Å². The Balaban J connectivity index is 3.46. The number of benzene rings is 1. The molecule has 1 rings (SSSR count). The van der Waals surface area contributed by atoms with E-state index in [4.69, 9.17) is 13.3 Å². The summed E-state index contributed by atoms with van der Waals surface area (Å²) in [7, 11) is -2.80. The Labute approximate surface area is 124 Å². The third-order valence-corrected chi connectivity index (χ3v) is 7.00. The summed E-state index contributed by atoms with van der Waals surface area (Å²) in [5, 5.41) is 1.11. The summed E-state index contributed by atoms with van der Waals surface area (Å²) >= 11 is 0. The van der Waals surface area contributed by atoms with Crippen molar-refractivity contribution in [1.82, 2.24) is 0 Å². The average Bonchev–Trinajstić information content (AvgIpc) is 2.41. The van der Waals surface area contributed by atoms with Gasteiger partial charge >= 0.3 is 8.80 Å². The summed E-state index contributed by atoms with van der Waals surface area (Å²) in [6.07, 6.45) is 0. The quantitative estimate of drug-likeness (QED) is 0.723. The van der Waals surface area contributed by atoms with Crippen LogP contribution in [0.2, 0.25) is 0 Å². The van der Waals surface area contributed by atoms with Gasteiger partial charge in [0.05, 0.1) is 0 Å². The van der Waals surface area contributed by atoms with Crippen LogP contribution >= 0.6 is 0 Å². The molecule has 0 amide bonds. The van der Waals surface area contributed by atoms with Crippen LogP contribution in [-0.2, 0) is 13.3 Å². The van der Waals surface area contributed by atoms with Crippen molar-refractivity contribution in [2.75, 3.05) is 19.8 Å². The Bertz CT molecular complexity index is 441. The summed E-state index contributed by atoms with van der Waals surface area (Å²) in [6, 6.07) is 2.19. The van der Waals surface area contributed by atoms with Crippen LogP contribution in [-0.4, -0.2) is 28.6 Å². The number of rotatable bonds is 7. The molecule has 0 aliphatic rings. The molecule has 114 valence electrons. The summed E-state index contributed by atoms with van der Waals surface area (Å²) < 4.78 is 18.1. The zero-order chi connectivity index (χ0) is 15.3. The van der Waals surface area contributed by atoms with Crippen LogP contribution in [0.4, 0.5) is 0 Å². The molecular weight excluding hydrogens is 268 g/mol. The van der Waals surface area contributed by atoms with Gasteiger partial charge < -0.3 is 13.3 Å². The van der Waals surface area contributed by atoms with E-state index in [2.05, 4.69) is 33.8 Å². The van der Waals surface area contributed by atoms with Gasteiger partial charge in [-0.05, 0) is 70.7 Å². The highest BCUT2D eigenvalue weighted by Gasteiger charge is 2.44. The van der Waals surface area contributed by atoms with Crippen LogP contribution in [0, 0.1) is 27.7 Å². The second-order valence-electron chi connectivity index (χ2n) is 4.97. The molecule has 4 heteroatoms. The summed E-state index contributed by atoms with van der Waals surface area (Å²) in [5.74, 6) is 0. The van der Waals surface area contributed by atoms with Gasteiger partial charge in [-0.25, -0.2) is 0 Å². The van der Waals surface area contributed by atoms with Crippen LogP contribution in [0.25, 0.3) is 0 Å². The zero-order valence-electron chi connectivity index (χ0n) is 13.9. The van der Waals surface area contributed by atoms with E-state index in [1.165, 1.54) is 22.3 Å². The Hall–Kier alpha value is -0.683. The molecule has 0 N–H and O–H groups in total. The fraction of sp³-hybridized carbons (Fsp3) is 0.625. The lowest BCUT2D eigenvalue weighted by Crippen LogP contribution is -2.58. The molecule has 0 atom stereocenters. The zero-order valence-corrected chi connectivity index (χ0v) is 14.9. The van der Waals surface area contributed by atoms with E-state index < -0.39 is 8.80 Å². The minimum absolute atomic E-state index is 0.595. The van der Waals surface area contributed by atoms with Gasteiger partial charge in [0.1, 0.15) is 0 Å². The largest absolute Gasteiger partial charge is 0.537 e. The van der Waals surface area contributed by atoms with E-state index in [-0.39, 0.29) is 0 Å². The van der Waals surface area contributed by atoms with E-state index in [9.17, 15) is 0 Å². The maximum absolute atomic E-state index is 6.02. The highest BCUT2D eigenvalue weighted by Crippen LogP contribution is 2.20. The molecule has 0 bridgehead atoms.